The van der Waals surface area contributed by atoms with Gasteiger partial charge < -0.3 is 15.0 Å². The number of hydrogen-bond donors (Lipinski definition) is 2. The number of aromatic carboxylic acids is 1. The van der Waals surface area contributed by atoms with Crippen LogP contribution in [0.25, 0.3) is 32.4 Å². The molecule has 0 radical (unpaired) electrons. The number of aromatic amines is 1. The molecule has 142 valence electrons. The minimum atomic E-state index is -0.965. The molecule has 29 heavy (non-hydrogen) atoms. The van der Waals surface area contributed by atoms with Gasteiger partial charge in [0.25, 0.3) is 0 Å². The molecule has 3 aromatic heterocycles. The van der Waals surface area contributed by atoms with Crippen molar-refractivity contribution in [1.29, 1.82) is 0 Å². The summed E-state index contributed by atoms with van der Waals surface area (Å²) in [5.41, 5.74) is 5.59. The number of carboxylic acids is 1. The molecule has 5 aromatic rings. The number of nitrogens with one attached hydrogen (secondary N) is 1. The van der Waals surface area contributed by atoms with Crippen LogP contribution in [0.2, 0.25) is 0 Å². The second-order valence-corrected chi connectivity index (χ2v) is 7.68. The Morgan fingerprint density at radius 3 is 2.72 bits per heavy atom. The van der Waals surface area contributed by atoms with Crippen molar-refractivity contribution >= 4 is 49.8 Å². The molecule has 3 heterocycles. The largest absolute Gasteiger partial charge is 0.478 e. The fourth-order valence-corrected chi connectivity index (χ4v) is 4.78. The van der Waals surface area contributed by atoms with Crippen LogP contribution in [0.15, 0.2) is 72.2 Å². The Balaban J connectivity index is 1.66. The van der Waals surface area contributed by atoms with Gasteiger partial charge in [-0.15, -0.1) is 11.3 Å². The fraction of sp³-hybridized carbons (Fsp3) is 0.0435. The van der Waals surface area contributed by atoms with Crippen LogP contribution < -0.4 is 4.90 Å². The van der Waals surface area contributed by atoms with Crippen molar-refractivity contribution in [2.45, 2.75) is 0 Å². The zero-order valence-electron chi connectivity index (χ0n) is 15.6. The molecule has 0 atom stereocenters. The molecular weight excluding hydrogens is 382 g/mol. The predicted molar refractivity (Wildman–Crippen MR) is 118 cm³/mol. The van der Waals surface area contributed by atoms with E-state index in [1.807, 2.05) is 24.3 Å². The molecule has 0 spiro atoms. The Bertz CT molecular complexity index is 1350. The molecule has 0 aliphatic carbocycles. The molecule has 0 aliphatic heterocycles. The highest BCUT2D eigenvalue weighted by atomic mass is 32.1. The molecule has 0 aliphatic rings. The number of para-hydroxylation sites is 1. The normalized spacial score (nSPS) is 11.2. The van der Waals surface area contributed by atoms with Gasteiger partial charge in [-0.05, 0) is 30.3 Å². The predicted octanol–water partition coefficient (Wildman–Crippen LogP) is 5.91. The van der Waals surface area contributed by atoms with Crippen molar-refractivity contribution in [2.75, 3.05) is 11.9 Å². The number of hydrogen-bond acceptors (Lipinski definition) is 4. The van der Waals surface area contributed by atoms with E-state index < -0.39 is 5.97 Å². The van der Waals surface area contributed by atoms with E-state index in [1.165, 1.54) is 17.0 Å². The summed E-state index contributed by atoms with van der Waals surface area (Å²) in [7, 11) is 2.06. The number of benzene rings is 2. The molecule has 0 amide bonds. The molecule has 2 aromatic carbocycles. The lowest BCUT2D eigenvalue weighted by Gasteiger charge is -2.20. The number of pyridine rings is 1. The molecule has 5 rings (SSSR count). The minimum Gasteiger partial charge on any atom is -0.478 e. The average Bonchev–Trinajstić information content (AvgIpc) is 3.37. The van der Waals surface area contributed by atoms with Crippen LogP contribution in [0.5, 0.6) is 0 Å². The molecule has 0 saturated carbocycles. The lowest BCUT2D eigenvalue weighted by molar-refractivity contribution is 0.0698. The molecule has 0 saturated heterocycles. The number of carbonyl (C=O) groups is 1. The van der Waals surface area contributed by atoms with Gasteiger partial charge in [-0.3, -0.25) is 4.98 Å². The number of thiophene rings is 1. The number of nitrogens with zero attached hydrogens (tertiary/aromatic N) is 2. The second kappa shape index (κ2) is 6.76. The van der Waals surface area contributed by atoms with Crippen LogP contribution in [-0.4, -0.2) is 28.1 Å². The summed E-state index contributed by atoms with van der Waals surface area (Å²) in [5.74, 6) is -0.965. The SMILES string of the molecule is CN(c1ccccc1)c1cccc2c(-c3cc4nccc(C(=O)O)c4[nH]3)csc12. The van der Waals surface area contributed by atoms with E-state index in [2.05, 4.69) is 57.6 Å². The topological polar surface area (TPSA) is 69.2 Å². The lowest BCUT2D eigenvalue weighted by Crippen LogP contribution is -2.08. The van der Waals surface area contributed by atoms with Crippen molar-refractivity contribution in [1.82, 2.24) is 9.97 Å². The number of rotatable bonds is 4. The van der Waals surface area contributed by atoms with Crippen LogP contribution in [0.4, 0.5) is 11.4 Å². The van der Waals surface area contributed by atoms with Gasteiger partial charge in [-0.2, -0.15) is 0 Å². The maximum Gasteiger partial charge on any atom is 0.337 e. The van der Waals surface area contributed by atoms with Gasteiger partial charge in [0, 0.05) is 41.0 Å². The molecule has 0 bridgehead atoms. The zero-order chi connectivity index (χ0) is 20.0. The third-order valence-corrected chi connectivity index (χ3v) is 6.14. The van der Waals surface area contributed by atoms with Crippen LogP contribution in [-0.2, 0) is 0 Å². The number of anilines is 2. The summed E-state index contributed by atoms with van der Waals surface area (Å²) in [6, 6.07) is 19.9. The molecular formula is C23H17N3O2S. The van der Waals surface area contributed by atoms with Gasteiger partial charge in [0.1, 0.15) is 0 Å². The summed E-state index contributed by atoms with van der Waals surface area (Å²) in [4.78, 5) is 21.3. The van der Waals surface area contributed by atoms with E-state index in [-0.39, 0.29) is 5.56 Å². The first-order valence-corrected chi connectivity index (χ1v) is 10.0. The van der Waals surface area contributed by atoms with Gasteiger partial charge in [0.15, 0.2) is 0 Å². The quantitative estimate of drug-likeness (QED) is 0.394. The zero-order valence-corrected chi connectivity index (χ0v) is 16.4. The van der Waals surface area contributed by atoms with Crippen molar-refractivity contribution in [2.24, 2.45) is 0 Å². The Morgan fingerprint density at radius 1 is 1.10 bits per heavy atom. The van der Waals surface area contributed by atoms with Crippen molar-refractivity contribution < 1.29 is 9.90 Å². The van der Waals surface area contributed by atoms with Gasteiger partial charge in [0.05, 0.1) is 27.0 Å². The summed E-state index contributed by atoms with van der Waals surface area (Å²) in [6.45, 7) is 0. The standard InChI is InChI=1S/C23H17N3O2S/c1-26(14-6-3-2-4-7-14)20-9-5-8-15-17(13-29-22(15)20)18-12-19-21(25-18)16(23(27)28)10-11-24-19/h2-13,25H,1H3,(H,27,28). The van der Waals surface area contributed by atoms with Gasteiger partial charge in [0.2, 0.25) is 0 Å². The van der Waals surface area contributed by atoms with Crippen LogP contribution in [0.1, 0.15) is 10.4 Å². The highest BCUT2D eigenvalue weighted by Crippen LogP contribution is 2.41. The molecule has 0 unspecified atom stereocenters. The first-order chi connectivity index (χ1) is 14.1. The summed E-state index contributed by atoms with van der Waals surface area (Å²) in [5, 5.41) is 12.7. The van der Waals surface area contributed by atoms with Crippen LogP contribution in [0.3, 0.4) is 0 Å². The minimum absolute atomic E-state index is 0.227. The van der Waals surface area contributed by atoms with Crippen molar-refractivity contribution in [3.63, 3.8) is 0 Å². The maximum atomic E-state index is 11.5. The van der Waals surface area contributed by atoms with E-state index in [1.54, 1.807) is 11.3 Å². The van der Waals surface area contributed by atoms with Crippen LogP contribution >= 0.6 is 11.3 Å². The second-order valence-electron chi connectivity index (χ2n) is 6.80. The van der Waals surface area contributed by atoms with Crippen molar-refractivity contribution in [3.05, 3.63) is 77.8 Å². The monoisotopic (exact) mass is 399 g/mol. The summed E-state index contributed by atoms with van der Waals surface area (Å²) < 4.78 is 1.18. The fourth-order valence-electron chi connectivity index (χ4n) is 3.66. The van der Waals surface area contributed by atoms with Crippen LogP contribution in [0, 0.1) is 0 Å². The van der Waals surface area contributed by atoms with E-state index >= 15 is 0 Å². The molecule has 0 fully saturated rings. The Labute approximate surface area is 170 Å². The van der Waals surface area contributed by atoms with Gasteiger partial charge >= 0.3 is 5.97 Å². The van der Waals surface area contributed by atoms with Gasteiger partial charge in [-0.25, -0.2) is 4.79 Å². The molecule has 2 N–H and O–H groups in total. The third kappa shape index (κ3) is 2.85. The number of carboxylic acid groups (broad SMARTS) is 1. The average molecular weight is 399 g/mol. The van der Waals surface area contributed by atoms with Crippen molar-refractivity contribution in [3.8, 4) is 11.3 Å². The number of aromatic nitrogens is 2. The Morgan fingerprint density at radius 2 is 1.93 bits per heavy atom. The third-order valence-electron chi connectivity index (χ3n) is 5.13. The number of fused-ring (bicyclic) bond motifs is 2. The highest BCUT2D eigenvalue weighted by Gasteiger charge is 2.17. The van der Waals surface area contributed by atoms with Gasteiger partial charge in [-0.1, -0.05) is 30.3 Å². The molecule has 5 nitrogen and oxygen atoms in total. The Hall–Kier alpha value is -3.64. The van der Waals surface area contributed by atoms with E-state index in [0.717, 1.165) is 28.0 Å². The number of H-pyrrole nitrogens is 1. The first-order valence-electron chi connectivity index (χ1n) is 9.14. The van der Waals surface area contributed by atoms with E-state index in [0.29, 0.717) is 11.0 Å². The summed E-state index contributed by atoms with van der Waals surface area (Å²) in [6.07, 6.45) is 1.53. The lowest BCUT2D eigenvalue weighted by atomic mass is 10.1. The van der Waals surface area contributed by atoms with E-state index in [4.69, 9.17) is 0 Å². The smallest absolute Gasteiger partial charge is 0.337 e. The first kappa shape index (κ1) is 17.5. The maximum absolute atomic E-state index is 11.5. The Kier molecular flexibility index (Phi) is 4.07. The highest BCUT2D eigenvalue weighted by molar-refractivity contribution is 7.18. The van der Waals surface area contributed by atoms with E-state index in [9.17, 15) is 9.90 Å². The molecule has 6 heteroatoms. The summed E-state index contributed by atoms with van der Waals surface area (Å²) >= 11 is 1.68.